The molecule has 1 aromatic heterocycles. The molecule has 0 atom stereocenters. The molecule has 0 saturated carbocycles. The Morgan fingerprint density at radius 1 is 1.13 bits per heavy atom. The Labute approximate surface area is 137 Å². The van der Waals surface area contributed by atoms with Gasteiger partial charge in [-0.15, -0.1) is 10.2 Å². The van der Waals surface area contributed by atoms with E-state index in [1.807, 2.05) is 24.3 Å². The van der Waals surface area contributed by atoms with E-state index in [0.717, 1.165) is 11.1 Å². The predicted molar refractivity (Wildman–Crippen MR) is 84.2 cm³/mol. The number of benzene rings is 2. The zero-order valence-electron chi connectivity index (χ0n) is 12.1. The molecule has 0 aliphatic rings. The highest BCUT2D eigenvalue weighted by molar-refractivity contribution is 7.98. The fourth-order valence-electron chi connectivity index (χ4n) is 2.08. The van der Waals surface area contributed by atoms with Crippen molar-refractivity contribution in [2.45, 2.75) is 17.4 Å². The normalized spacial score (nSPS) is 10.4. The van der Waals surface area contributed by atoms with Crippen molar-refractivity contribution in [3.63, 3.8) is 0 Å². The van der Waals surface area contributed by atoms with Crippen LogP contribution >= 0.6 is 11.8 Å². The van der Waals surface area contributed by atoms with E-state index in [4.69, 9.17) is 9.68 Å². The molecule has 0 amide bonds. The summed E-state index contributed by atoms with van der Waals surface area (Å²) in [4.78, 5) is 0. The lowest BCUT2D eigenvalue weighted by Crippen LogP contribution is -1.89. The smallest absolute Gasteiger partial charge is 0.276 e. The van der Waals surface area contributed by atoms with Gasteiger partial charge in [0.05, 0.1) is 18.1 Å². The third-order valence-electron chi connectivity index (χ3n) is 3.18. The van der Waals surface area contributed by atoms with E-state index in [0.29, 0.717) is 28.9 Å². The van der Waals surface area contributed by atoms with Gasteiger partial charge >= 0.3 is 0 Å². The third kappa shape index (κ3) is 3.96. The molecule has 4 nitrogen and oxygen atoms in total. The molecule has 0 unspecified atom stereocenters. The molecule has 0 aliphatic heterocycles. The molecule has 0 bridgehead atoms. The van der Waals surface area contributed by atoms with Crippen LogP contribution in [0.1, 0.15) is 22.6 Å². The molecular formula is C17H12FN3OS. The van der Waals surface area contributed by atoms with E-state index < -0.39 is 0 Å². The van der Waals surface area contributed by atoms with Gasteiger partial charge in [-0.1, -0.05) is 42.1 Å². The average molecular weight is 325 g/mol. The molecule has 0 radical (unpaired) electrons. The highest BCUT2D eigenvalue weighted by atomic mass is 32.2. The molecule has 0 saturated heterocycles. The monoisotopic (exact) mass is 325 g/mol. The lowest BCUT2D eigenvalue weighted by Gasteiger charge is -2.00. The Bertz CT molecular complexity index is 857. The van der Waals surface area contributed by atoms with Crippen LogP contribution in [0, 0.1) is 17.1 Å². The molecule has 0 N–H and O–H groups in total. The summed E-state index contributed by atoms with van der Waals surface area (Å²) >= 11 is 1.37. The lowest BCUT2D eigenvalue weighted by atomic mass is 10.1. The van der Waals surface area contributed by atoms with Gasteiger partial charge in [-0.3, -0.25) is 0 Å². The first-order valence-electron chi connectivity index (χ1n) is 6.92. The minimum absolute atomic E-state index is 0.287. The maximum absolute atomic E-state index is 13.2. The Balaban J connectivity index is 1.65. The number of nitriles is 1. The summed E-state index contributed by atoms with van der Waals surface area (Å²) in [5, 5.41) is 17.4. The fourth-order valence-corrected chi connectivity index (χ4v) is 2.87. The molecule has 0 fully saturated rings. The van der Waals surface area contributed by atoms with Gasteiger partial charge in [0, 0.05) is 5.75 Å². The van der Waals surface area contributed by atoms with E-state index in [-0.39, 0.29) is 5.82 Å². The number of halogens is 1. The molecule has 1 heterocycles. The van der Waals surface area contributed by atoms with Crippen molar-refractivity contribution >= 4 is 11.8 Å². The van der Waals surface area contributed by atoms with Crippen LogP contribution in [0.15, 0.2) is 58.2 Å². The second-order valence-corrected chi connectivity index (χ2v) is 5.75. The lowest BCUT2D eigenvalue weighted by molar-refractivity contribution is 0.420. The summed E-state index contributed by atoms with van der Waals surface area (Å²) in [5.41, 5.74) is 2.34. The molecule has 0 aliphatic carbocycles. The van der Waals surface area contributed by atoms with Crippen molar-refractivity contribution in [3.8, 4) is 6.07 Å². The molecule has 3 aromatic rings. The van der Waals surface area contributed by atoms with E-state index in [2.05, 4.69) is 16.3 Å². The van der Waals surface area contributed by atoms with Gasteiger partial charge in [0.2, 0.25) is 5.89 Å². The van der Waals surface area contributed by atoms with Crippen LogP contribution in [-0.4, -0.2) is 10.2 Å². The Morgan fingerprint density at radius 3 is 2.83 bits per heavy atom. The second-order valence-electron chi connectivity index (χ2n) is 4.83. The first-order chi connectivity index (χ1) is 11.2. The number of thioether (sulfide) groups is 1. The third-order valence-corrected chi connectivity index (χ3v) is 4.05. The number of rotatable bonds is 5. The van der Waals surface area contributed by atoms with Crippen molar-refractivity contribution < 1.29 is 8.81 Å². The molecule has 23 heavy (non-hydrogen) atoms. The average Bonchev–Trinajstić information content (AvgIpc) is 3.00. The van der Waals surface area contributed by atoms with E-state index in [1.54, 1.807) is 12.1 Å². The number of hydrogen-bond donors (Lipinski definition) is 0. The van der Waals surface area contributed by atoms with Gasteiger partial charge in [0.1, 0.15) is 5.82 Å². The molecule has 2 aromatic carbocycles. The zero-order chi connectivity index (χ0) is 16.1. The van der Waals surface area contributed by atoms with Gasteiger partial charge in [-0.25, -0.2) is 4.39 Å². The quantitative estimate of drug-likeness (QED) is 0.664. The minimum atomic E-state index is -0.287. The topological polar surface area (TPSA) is 62.7 Å². The van der Waals surface area contributed by atoms with Crippen LogP contribution in [0.2, 0.25) is 0 Å². The van der Waals surface area contributed by atoms with Crippen LogP contribution in [0.3, 0.4) is 0 Å². The summed E-state index contributed by atoms with van der Waals surface area (Å²) < 4.78 is 18.7. The van der Waals surface area contributed by atoms with Crippen molar-refractivity contribution in [1.82, 2.24) is 10.2 Å². The van der Waals surface area contributed by atoms with Crippen LogP contribution < -0.4 is 0 Å². The number of hydrogen-bond acceptors (Lipinski definition) is 5. The Kier molecular flexibility index (Phi) is 4.69. The molecule has 0 spiro atoms. The molecular weight excluding hydrogens is 313 g/mol. The summed E-state index contributed by atoms with van der Waals surface area (Å²) in [6.07, 6.45) is 0.389. The Hall–Kier alpha value is -2.65. The molecule has 114 valence electrons. The SMILES string of the molecule is N#Cc1ccccc1CSc1nnc(Cc2cccc(F)c2)o1. The number of nitrogens with zero attached hydrogens (tertiary/aromatic N) is 3. The van der Waals surface area contributed by atoms with Gasteiger partial charge in [-0.05, 0) is 29.3 Å². The number of aromatic nitrogens is 2. The van der Waals surface area contributed by atoms with E-state index in [9.17, 15) is 4.39 Å². The van der Waals surface area contributed by atoms with E-state index in [1.165, 1.54) is 23.9 Å². The van der Waals surface area contributed by atoms with Gasteiger partial charge in [-0.2, -0.15) is 5.26 Å². The van der Waals surface area contributed by atoms with Crippen molar-refractivity contribution in [2.24, 2.45) is 0 Å². The van der Waals surface area contributed by atoms with Crippen molar-refractivity contribution in [2.75, 3.05) is 0 Å². The molecule has 6 heteroatoms. The van der Waals surface area contributed by atoms with Crippen LogP contribution in [0.4, 0.5) is 4.39 Å². The first-order valence-corrected chi connectivity index (χ1v) is 7.91. The standard InChI is InChI=1S/C17H12FN3OS/c18-15-7-3-4-12(8-15)9-16-20-21-17(22-16)23-11-14-6-2-1-5-13(14)10-19/h1-8H,9,11H2. The zero-order valence-corrected chi connectivity index (χ0v) is 12.9. The van der Waals surface area contributed by atoms with Gasteiger partial charge in [0.25, 0.3) is 5.22 Å². The minimum Gasteiger partial charge on any atom is -0.416 e. The van der Waals surface area contributed by atoms with Crippen molar-refractivity contribution in [1.29, 1.82) is 5.26 Å². The predicted octanol–water partition coefficient (Wildman–Crippen LogP) is 3.96. The summed E-state index contributed by atoms with van der Waals surface area (Å²) in [6.45, 7) is 0. The van der Waals surface area contributed by atoms with Gasteiger partial charge < -0.3 is 4.42 Å². The summed E-state index contributed by atoms with van der Waals surface area (Å²) in [5.74, 6) is 0.724. The molecule has 3 rings (SSSR count). The second kappa shape index (κ2) is 7.07. The summed E-state index contributed by atoms with van der Waals surface area (Å²) in [6, 6.07) is 15.8. The van der Waals surface area contributed by atoms with Crippen LogP contribution in [-0.2, 0) is 12.2 Å². The Morgan fingerprint density at radius 2 is 2.00 bits per heavy atom. The van der Waals surface area contributed by atoms with Crippen molar-refractivity contribution in [3.05, 3.63) is 76.9 Å². The highest BCUT2D eigenvalue weighted by Crippen LogP contribution is 2.23. The fraction of sp³-hybridized carbons (Fsp3) is 0.118. The van der Waals surface area contributed by atoms with Gasteiger partial charge in [0.15, 0.2) is 0 Å². The first kappa shape index (κ1) is 15.3. The largest absolute Gasteiger partial charge is 0.416 e. The maximum Gasteiger partial charge on any atom is 0.276 e. The highest BCUT2D eigenvalue weighted by Gasteiger charge is 2.09. The van der Waals surface area contributed by atoms with Crippen LogP contribution in [0.5, 0.6) is 0 Å². The maximum atomic E-state index is 13.2. The summed E-state index contributed by atoms with van der Waals surface area (Å²) in [7, 11) is 0. The van der Waals surface area contributed by atoms with Crippen LogP contribution in [0.25, 0.3) is 0 Å². The van der Waals surface area contributed by atoms with E-state index >= 15 is 0 Å².